The Balaban J connectivity index is 2.35. The Morgan fingerprint density at radius 3 is 2.47 bits per heavy atom. The zero-order valence-corrected chi connectivity index (χ0v) is 10.5. The fraction of sp³-hybridized carbons (Fsp3) is 0.538. The Morgan fingerprint density at radius 1 is 1.16 bits per heavy atom. The molecule has 1 atom stereocenters. The van der Waals surface area contributed by atoms with E-state index in [9.17, 15) is 22.0 Å². The molecule has 1 N–H and O–H groups in total. The van der Waals surface area contributed by atoms with Crippen LogP contribution in [0.5, 0.6) is 0 Å². The van der Waals surface area contributed by atoms with E-state index in [2.05, 4.69) is 5.32 Å². The third-order valence-corrected chi connectivity index (χ3v) is 2.79. The molecule has 1 nitrogen and oxygen atoms in total. The second-order valence-corrected chi connectivity index (χ2v) is 4.39. The predicted molar refractivity (Wildman–Crippen MR) is 62.7 cm³/mol. The molecule has 0 saturated heterocycles. The summed E-state index contributed by atoms with van der Waals surface area (Å²) < 4.78 is 62.1. The molecule has 1 aromatic rings. The van der Waals surface area contributed by atoms with Crippen LogP contribution in [0.15, 0.2) is 18.2 Å². The van der Waals surface area contributed by atoms with Gasteiger partial charge in [-0.3, -0.25) is 0 Å². The summed E-state index contributed by atoms with van der Waals surface area (Å²) in [4.78, 5) is 0. The minimum Gasteiger partial charge on any atom is -0.310 e. The van der Waals surface area contributed by atoms with E-state index in [1.165, 1.54) is 12.1 Å². The summed E-state index contributed by atoms with van der Waals surface area (Å²) >= 11 is 0. The number of unbranched alkanes of at least 4 members (excludes halogenated alkanes) is 1. The van der Waals surface area contributed by atoms with Gasteiger partial charge in [-0.15, -0.1) is 0 Å². The smallest absolute Gasteiger partial charge is 0.310 e. The van der Waals surface area contributed by atoms with Crippen molar-refractivity contribution in [1.29, 1.82) is 0 Å². The highest BCUT2D eigenvalue weighted by Crippen LogP contribution is 2.22. The maximum Gasteiger partial charge on any atom is 0.389 e. The van der Waals surface area contributed by atoms with E-state index in [-0.39, 0.29) is 12.0 Å². The maximum atomic E-state index is 13.4. The maximum absolute atomic E-state index is 13.4. The zero-order valence-electron chi connectivity index (χ0n) is 10.5. The number of hydrogen-bond acceptors (Lipinski definition) is 1. The lowest BCUT2D eigenvalue weighted by Crippen LogP contribution is -2.21. The zero-order chi connectivity index (χ0) is 14.5. The second kappa shape index (κ2) is 6.84. The lowest BCUT2D eigenvalue weighted by molar-refractivity contribution is -0.135. The van der Waals surface area contributed by atoms with Crippen LogP contribution in [0.25, 0.3) is 0 Å². The van der Waals surface area contributed by atoms with Gasteiger partial charge in [-0.2, -0.15) is 13.2 Å². The predicted octanol–water partition coefficient (Wildman–Crippen LogP) is 4.35. The first-order valence-corrected chi connectivity index (χ1v) is 6.05. The molecular weight excluding hydrogens is 265 g/mol. The van der Waals surface area contributed by atoms with Crippen LogP contribution in [-0.4, -0.2) is 12.7 Å². The van der Waals surface area contributed by atoms with E-state index in [0.29, 0.717) is 13.0 Å². The van der Waals surface area contributed by atoms with Gasteiger partial charge in [0.05, 0.1) is 0 Å². The summed E-state index contributed by atoms with van der Waals surface area (Å²) in [7, 11) is 0. The van der Waals surface area contributed by atoms with Crippen molar-refractivity contribution in [2.24, 2.45) is 0 Å². The fourth-order valence-corrected chi connectivity index (χ4v) is 1.73. The summed E-state index contributed by atoms with van der Waals surface area (Å²) in [5, 5.41) is 2.88. The molecule has 6 heteroatoms. The average molecular weight is 281 g/mol. The molecule has 0 aliphatic heterocycles. The van der Waals surface area contributed by atoms with E-state index in [1.54, 1.807) is 6.92 Å². The van der Waals surface area contributed by atoms with Gasteiger partial charge >= 0.3 is 6.18 Å². The molecule has 108 valence electrons. The SMILES string of the molecule is CC(NCCCCC(F)(F)F)c1cccc(F)c1F. The van der Waals surface area contributed by atoms with Gasteiger partial charge in [0.15, 0.2) is 11.6 Å². The summed E-state index contributed by atoms with van der Waals surface area (Å²) in [6, 6.07) is 3.43. The standard InChI is InChI=1S/C13H16F5N/c1-9(10-5-4-6-11(14)12(10)15)19-8-3-2-7-13(16,17)18/h4-6,9,19H,2-3,7-8H2,1H3. The highest BCUT2D eigenvalue weighted by atomic mass is 19.4. The Morgan fingerprint density at radius 2 is 1.84 bits per heavy atom. The van der Waals surface area contributed by atoms with Crippen LogP contribution in [-0.2, 0) is 0 Å². The lowest BCUT2D eigenvalue weighted by Gasteiger charge is -2.15. The van der Waals surface area contributed by atoms with Gasteiger partial charge in [0.2, 0.25) is 0 Å². The van der Waals surface area contributed by atoms with Gasteiger partial charge in [0.25, 0.3) is 0 Å². The molecule has 0 fully saturated rings. The summed E-state index contributed by atoms with van der Waals surface area (Å²) in [5.74, 6) is -1.85. The Kier molecular flexibility index (Phi) is 5.72. The molecule has 0 radical (unpaired) electrons. The number of hydrogen-bond donors (Lipinski definition) is 1. The molecule has 19 heavy (non-hydrogen) atoms. The van der Waals surface area contributed by atoms with Gasteiger partial charge < -0.3 is 5.32 Å². The first-order chi connectivity index (χ1) is 8.81. The molecule has 0 aliphatic rings. The summed E-state index contributed by atoms with van der Waals surface area (Å²) in [6.07, 6.45) is -4.60. The van der Waals surface area contributed by atoms with Crippen molar-refractivity contribution in [3.63, 3.8) is 0 Å². The Labute approximate surface area is 108 Å². The normalized spacial score (nSPS) is 13.6. The first kappa shape index (κ1) is 15.9. The molecule has 1 aromatic carbocycles. The van der Waals surface area contributed by atoms with Crippen molar-refractivity contribution >= 4 is 0 Å². The molecule has 0 spiro atoms. The van der Waals surface area contributed by atoms with Gasteiger partial charge in [0, 0.05) is 18.0 Å². The van der Waals surface area contributed by atoms with E-state index in [1.807, 2.05) is 0 Å². The molecular formula is C13H16F5N. The van der Waals surface area contributed by atoms with Crippen LogP contribution in [0.2, 0.25) is 0 Å². The highest BCUT2D eigenvalue weighted by molar-refractivity contribution is 5.21. The third kappa shape index (κ3) is 5.55. The number of halogens is 5. The van der Waals surface area contributed by atoms with Crippen molar-refractivity contribution in [2.45, 2.75) is 38.4 Å². The molecule has 1 unspecified atom stereocenters. The van der Waals surface area contributed by atoms with Gasteiger partial charge in [-0.1, -0.05) is 12.1 Å². The average Bonchev–Trinajstić information content (AvgIpc) is 2.30. The number of nitrogens with one attached hydrogen (secondary N) is 1. The first-order valence-electron chi connectivity index (χ1n) is 6.05. The van der Waals surface area contributed by atoms with Gasteiger partial charge in [0.1, 0.15) is 0 Å². The summed E-state index contributed by atoms with van der Waals surface area (Å²) in [6.45, 7) is 1.97. The molecule has 1 rings (SSSR count). The minimum atomic E-state index is -4.14. The largest absolute Gasteiger partial charge is 0.389 e. The van der Waals surface area contributed by atoms with E-state index in [0.717, 1.165) is 6.07 Å². The number of rotatable bonds is 6. The van der Waals surface area contributed by atoms with E-state index >= 15 is 0 Å². The van der Waals surface area contributed by atoms with Gasteiger partial charge in [-0.05, 0) is 32.4 Å². The van der Waals surface area contributed by atoms with Gasteiger partial charge in [-0.25, -0.2) is 8.78 Å². The molecule has 0 aliphatic carbocycles. The third-order valence-electron chi connectivity index (χ3n) is 2.79. The van der Waals surface area contributed by atoms with E-state index in [4.69, 9.17) is 0 Å². The molecule has 0 aromatic heterocycles. The van der Waals surface area contributed by atoms with Crippen LogP contribution in [0, 0.1) is 11.6 Å². The topological polar surface area (TPSA) is 12.0 Å². The molecule has 0 saturated carbocycles. The second-order valence-electron chi connectivity index (χ2n) is 4.39. The number of alkyl halides is 3. The Bertz CT molecular complexity index is 403. The van der Waals surface area contributed by atoms with Crippen LogP contribution in [0.1, 0.15) is 37.8 Å². The molecule has 0 bridgehead atoms. The fourth-order valence-electron chi connectivity index (χ4n) is 1.73. The van der Waals surface area contributed by atoms with Crippen molar-refractivity contribution in [1.82, 2.24) is 5.32 Å². The van der Waals surface area contributed by atoms with Crippen LogP contribution in [0.3, 0.4) is 0 Å². The minimum absolute atomic E-state index is 0.0227. The molecule has 0 amide bonds. The van der Waals surface area contributed by atoms with Crippen LogP contribution < -0.4 is 5.32 Å². The van der Waals surface area contributed by atoms with Crippen molar-refractivity contribution in [2.75, 3.05) is 6.54 Å². The quantitative estimate of drug-likeness (QED) is 0.604. The molecule has 0 heterocycles. The van der Waals surface area contributed by atoms with Crippen molar-refractivity contribution in [3.8, 4) is 0 Å². The van der Waals surface area contributed by atoms with Crippen molar-refractivity contribution < 1.29 is 22.0 Å². The van der Waals surface area contributed by atoms with Crippen LogP contribution >= 0.6 is 0 Å². The lowest BCUT2D eigenvalue weighted by atomic mass is 10.1. The Hall–Kier alpha value is -1.17. The highest BCUT2D eigenvalue weighted by Gasteiger charge is 2.25. The monoisotopic (exact) mass is 281 g/mol. The summed E-state index contributed by atoms with van der Waals surface area (Å²) in [5.41, 5.74) is 0.177. The van der Waals surface area contributed by atoms with Crippen LogP contribution in [0.4, 0.5) is 22.0 Å². The van der Waals surface area contributed by atoms with Crippen molar-refractivity contribution in [3.05, 3.63) is 35.4 Å². The van der Waals surface area contributed by atoms with E-state index < -0.39 is 30.3 Å². The number of benzene rings is 1.